The summed E-state index contributed by atoms with van der Waals surface area (Å²) in [5, 5.41) is 5.52. The fourth-order valence-corrected chi connectivity index (χ4v) is 7.72. The number of nitrogens with zero attached hydrogens (tertiary/aromatic N) is 6. The highest BCUT2D eigenvalue weighted by Crippen LogP contribution is 2.35. The van der Waals surface area contributed by atoms with Crippen molar-refractivity contribution in [3.63, 3.8) is 0 Å². The summed E-state index contributed by atoms with van der Waals surface area (Å²) < 4.78 is 49.7. The average Bonchev–Trinajstić information content (AvgIpc) is 3.76. The van der Waals surface area contributed by atoms with E-state index in [-0.39, 0.29) is 49.0 Å². The van der Waals surface area contributed by atoms with Crippen molar-refractivity contribution in [2.24, 2.45) is 7.05 Å². The molecule has 4 aromatic rings. The summed E-state index contributed by atoms with van der Waals surface area (Å²) >= 11 is 1.26. The zero-order valence-corrected chi connectivity index (χ0v) is 34.7. The van der Waals surface area contributed by atoms with Crippen molar-refractivity contribution < 1.29 is 37.1 Å². The van der Waals surface area contributed by atoms with Gasteiger partial charge in [-0.15, -0.1) is 11.3 Å². The molecule has 6 rings (SSSR count). The lowest BCUT2D eigenvalue weighted by Crippen LogP contribution is -2.45. The molecule has 5 heterocycles. The molecule has 59 heavy (non-hydrogen) atoms. The highest BCUT2D eigenvalue weighted by atomic mass is 32.1. The molecule has 0 bridgehead atoms. The number of Topliss-reactive ketones (excluding diaryl/α,β-unsaturated/α-hetero) is 1. The molecule has 3 amide bonds. The SMILES string of the molecule is CCN1CCN(Cc2ccc(NC(=O)Cc3ccc(C#Cc4cnc(NCC(C)=O)nc4-c4cc5c(n4C)CCN(C(=O)OC(C)(C)C)C5=O)s3)cc2C(F)(F)F)CC1. The standard InChI is InChI=1S/C42H47F3N8O5S/c1-7-51-16-18-52(19-17-51)25-28-8-10-29(20-33(28)42(43,44)45)48-36(55)21-31-13-12-30(59-31)11-9-27-24-47-39(46-23-26(2)54)49-37(27)35-22-32-34(50(35)6)14-15-53(38(32)56)40(57)58-41(3,4)5/h8,10,12-13,20,22,24H,7,14-19,21,23,25H2,1-6H3,(H,48,55)(H,46,47,49). The first kappa shape index (κ1) is 43.0. The average molecular weight is 833 g/mol. The third-order valence-corrected chi connectivity index (χ3v) is 10.9. The summed E-state index contributed by atoms with van der Waals surface area (Å²) in [7, 11) is 1.79. The number of hydrogen-bond acceptors (Lipinski definition) is 11. The van der Waals surface area contributed by atoms with Gasteiger partial charge in [-0.25, -0.2) is 19.7 Å². The largest absolute Gasteiger partial charge is 0.443 e. The highest BCUT2D eigenvalue weighted by Gasteiger charge is 2.36. The fourth-order valence-electron chi connectivity index (χ4n) is 6.86. The lowest BCUT2D eigenvalue weighted by atomic mass is 10.0. The Morgan fingerprint density at radius 1 is 0.983 bits per heavy atom. The first-order valence-corrected chi connectivity index (χ1v) is 20.1. The summed E-state index contributed by atoms with van der Waals surface area (Å²) in [5.74, 6) is 5.28. The Morgan fingerprint density at radius 2 is 1.71 bits per heavy atom. The number of ether oxygens (including phenoxy) is 1. The number of imide groups is 1. The number of nitrogens with one attached hydrogen (secondary N) is 2. The quantitative estimate of drug-likeness (QED) is 0.177. The number of likely N-dealkylation sites (N-methyl/N-ethyl adjacent to an activating group) is 1. The fraction of sp³-hybridized carbons (Fsp3) is 0.429. The zero-order valence-electron chi connectivity index (χ0n) is 33.9. The van der Waals surface area contributed by atoms with E-state index in [2.05, 4.69) is 44.3 Å². The van der Waals surface area contributed by atoms with Crippen LogP contribution in [0.3, 0.4) is 0 Å². The van der Waals surface area contributed by atoms with Crippen LogP contribution in [0.2, 0.25) is 0 Å². The third-order valence-electron chi connectivity index (χ3n) is 9.87. The van der Waals surface area contributed by atoms with Crippen LogP contribution in [0.1, 0.15) is 77.1 Å². The highest BCUT2D eigenvalue weighted by molar-refractivity contribution is 7.12. The number of ketones is 1. The molecule has 17 heteroatoms. The molecule has 0 atom stereocenters. The van der Waals surface area contributed by atoms with E-state index in [1.165, 1.54) is 36.6 Å². The predicted octanol–water partition coefficient (Wildman–Crippen LogP) is 6.22. The molecule has 3 aromatic heterocycles. The molecule has 2 aliphatic heterocycles. The zero-order chi connectivity index (χ0) is 42.6. The summed E-state index contributed by atoms with van der Waals surface area (Å²) in [5.41, 5.74) is 1.03. The lowest BCUT2D eigenvalue weighted by Gasteiger charge is -2.34. The van der Waals surface area contributed by atoms with Gasteiger partial charge < -0.3 is 24.8 Å². The van der Waals surface area contributed by atoms with Crippen LogP contribution in [-0.2, 0) is 46.9 Å². The molecule has 13 nitrogen and oxygen atoms in total. The van der Waals surface area contributed by atoms with Gasteiger partial charge in [0.1, 0.15) is 17.1 Å². The maximum atomic E-state index is 14.2. The molecule has 0 saturated carbocycles. The first-order valence-electron chi connectivity index (χ1n) is 19.3. The van der Waals surface area contributed by atoms with E-state index in [9.17, 15) is 32.3 Å². The van der Waals surface area contributed by atoms with Crippen molar-refractivity contribution in [3.05, 3.63) is 80.3 Å². The van der Waals surface area contributed by atoms with Crippen molar-refractivity contribution in [1.82, 2.24) is 29.2 Å². The molecular weight excluding hydrogens is 786 g/mol. The first-order chi connectivity index (χ1) is 27.9. The van der Waals surface area contributed by atoms with Crippen molar-refractivity contribution in [2.45, 2.75) is 65.8 Å². The minimum Gasteiger partial charge on any atom is -0.443 e. The smallest absolute Gasteiger partial charge is 0.417 e. The Morgan fingerprint density at radius 3 is 2.39 bits per heavy atom. The topological polar surface area (TPSA) is 142 Å². The van der Waals surface area contributed by atoms with Crippen LogP contribution >= 0.6 is 11.3 Å². The van der Waals surface area contributed by atoms with Crippen LogP contribution in [0, 0.1) is 11.8 Å². The molecule has 312 valence electrons. The van der Waals surface area contributed by atoms with E-state index >= 15 is 0 Å². The maximum absolute atomic E-state index is 14.2. The molecule has 2 N–H and O–H groups in total. The number of aromatic nitrogens is 3. The van der Waals surface area contributed by atoms with E-state index in [4.69, 9.17) is 4.74 Å². The van der Waals surface area contributed by atoms with Gasteiger partial charge in [-0.2, -0.15) is 13.2 Å². The van der Waals surface area contributed by atoms with Crippen LogP contribution in [0.25, 0.3) is 11.4 Å². The predicted molar refractivity (Wildman–Crippen MR) is 218 cm³/mol. The van der Waals surface area contributed by atoms with E-state index in [0.717, 1.165) is 30.6 Å². The molecule has 1 saturated heterocycles. The number of benzene rings is 1. The van der Waals surface area contributed by atoms with Crippen molar-refractivity contribution in [3.8, 4) is 23.2 Å². The molecule has 2 aliphatic rings. The number of anilines is 2. The lowest BCUT2D eigenvalue weighted by molar-refractivity contribution is -0.138. The number of piperazine rings is 1. The van der Waals surface area contributed by atoms with E-state index < -0.39 is 35.2 Å². The Labute approximate surface area is 344 Å². The van der Waals surface area contributed by atoms with Gasteiger partial charge in [-0.3, -0.25) is 19.3 Å². The maximum Gasteiger partial charge on any atom is 0.417 e. The summed E-state index contributed by atoms with van der Waals surface area (Å²) in [6.45, 7) is 12.9. The van der Waals surface area contributed by atoms with Crippen molar-refractivity contribution >= 4 is 46.7 Å². The number of thiophene rings is 1. The molecule has 0 aliphatic carbocycles. The summed E-state index contributed by atoms with van der Waals surface area (Å²) in [6.07, 6.45) is -3.50. The normalized spacial score (nSPS) is 15.0. The number of rotatable bonds is 10. The molecule has 1 aromatic carbocycles. The van der Waals surface area contributed by atoms with E-state index in [1.807, 2.05) is 9.47 Å². The van der Waals surface area contributed by atoms with Gasteiger partial charge in [0.25, 0.3) is 5.91 Å². The number of fused-ring (bicyclic) bond motifs is 1. The molecule has 0 unspecified atom stereocenters. The summed E-state index contributed by atoms with van der Waals surface area (Å²) in [6, 6.07) is 9.07. The van der Waals surface area contributed by atoms with E-state index in [1.54, 1.807) is 46.0 Å². The van der Waals surface area contributed by atoms with Crippen LogP contribution in [0.4, 0.5) is 29.6 Å². The van der Waals surface area contributed by atoms with Gasteiger partial charge in [0.15, 0.2) is 0 Å². The number of carbonyl (C=O) groups excluding carboxylic acids is 4. The molecule has 1 fully saturated rings. The van der Waals surface area contributed by atoms with Gasteiger partial charge in [0.2, 0.25) is 11.9 Å². The molecular formula is C42H47F3N8O5S. The number of carbonyl (C=O) groups is 4. The number of amides is 3. The minimum absolute atomic E-state index is 0.00519. The second-order valence-electron chi connectivity index (χ2n) is 15.5. The van der Waals surface area contributed by atoms with Gasteiger partial charge in [-0.1, -0.05) is 24.8 Å². The summed E-state index contributed by atoms with van der Waals surface area (Å²) in [4.78, 5) is 66.8. The van der Waals surface area contributed by atoms with Crippen LogP contribution in [0.5, 0.6) is 0 Å². The van der Waals surface area contributed by atoms with Crippen LogP contribution in [-0.4, -0.2) is 104 Å². The monoisotopic (exact) mass is 832 g/mol. The number of hydrogen-bond donors (Lipinski definition) is 2. The Bertz CT molecular complexity index is 2310. The van der Waals surface area contributed by atoms with Crippen molar-refractivity contribution in [2.75, 3.05) is 56.4 Å². The van der Waals surface area contributed by atoms with Gasteiger partial charge in [0, 0.05) is 75.2 Å². The molecule has 0 spiro atoms. The van der Waals surface area contributed by atoms with Gasteiger partial charge in [-0.05, 0) is 70.1 Å². The molecule has 0 radical (unpaired) electrons. The van der Waals surface area contributed by atoms with Crippen LogP contribution < -0.4 is 10.6 Å². The second kappa shape index (κ2) is 17.7. The Hall–Kier alpha value is -5.57. The minimum atomic E-state index is -4.58. The van der Waals surface area contributed by atoms with Gasteiger partial charge >= 0.3 is 12.3 Å². The number of alkyl halides is 3. The second-order valence-corrected chi connectivity index (χ2v) is 16.6. The third kappa shape index (κ3) is 10.7. The van der Waals surface area contributed by atoms with E-state index in [0.29, 0.717) is 57.5 Å². The number of halogens is 3. The Kier molecular flexibility index (Phi) is 12.9. The van der Waals surface area contributed by atoms with Crippen molar-refractivity contribution in [1.29, 1.82) is 0 Å². The van der Waals surface area contributed by atoms with Gasteiger partial charge in [0.05, 0.1) is 40.2 Å². The van der Waals surface area contributed by atoms with Crippen LogP contribution in [0.15, 0.2) is 42.6 Å². The Balaban J connectivity index is 1.19.